The lowest BCUT2D eigenvalue weighted by Crippen LogP contribution is -2.33. The van der Waals surface area contributed by atoms with Gasteiger partial charge in [-0.15, -0.1) is 0 Å². The molecular formula is C25H27N10O9P. The van der Waals surface area contributed by atoms with Crippen LogP contribution in [0.1, 0.15) is 24.6 Å². The molecule has 1 saturated heterocycles. The molecular weight excluding hydrogens is 615 g/mol. The topological polar surface area (TPSA) is 254 Å². The van der Waals surface area contributed by atoms with Gasteiger partial charge in [-0.1, -0.05) is 0 Å². The van der Waals surface area contributed by atoms with Gasteiger partial charge >= 0.3 is 13.4 Å². The molecule has 236 valence electrons. The second-order valence-electron chi connectivity index (χ2n) is 9.58. The second-order valence-corrected chi connectivity index (χ2v) is 11.3. The third-order valence-corrected chi connectivity index (χ3v) is 7.89. The number of hydrogen-bond donors (Lipinski definition) is 4. The first-order valence-corrected chi connectivity index (χ1v) is 15.0. The Morgan fingerprint density at radius 2 is 2.16 bits per heavy atom. The molecule has 0 aliphatic carbocycles. The van der Waals surface area contributed by atoms with E-state index < -0.39 is 49.9 Å². The van der Waals surface area contributed by atoms with Gasteiger partial charge in [0.15, 0.2) is 11.2 Å². The van der Waals surface area contributed by atoms with Crippen molar-refractivity contribution in [1.29, 1.82) is 5.26 Å². The molecule has 0 radical (unpaired) electrons. The van der Waals surface area contributed by atoms with Gasteiger partial charge in [-0.2, -0.15) is 10.2 Å². The van der Waals surface area contributed by atoms with E-state index in [1.165, 1.54) is 37.3 Å². The predicted molar refractivity (Wildman–Crippen MR) is 152 cm³/mol. The molecule has 1 aliphatic rings. The predicted octanol–water partition coefficient (Wildman–Crippen LogP) is -0.691. The summed E-state index contributed by atoms with van der Waals surface area (Å²) in [5.41, 5.74) is -0.716. The summed E-state index contributed by atoms with van der Waals surface area (Å²) < 4.78 is 32.2. The molecule has 0 aromatic carbocycles. The lowest BCUT2D eigenvalue weighted by Gasteiger charge is -2.18. The van der Waals surface area contributed by atoms with Crippen LogP contribution < -0.4 is 21.3 Å². The molecule has 1 aliphatic heterocycles. The molecule has 0 saturated carbocycles. The smallest absolute Gasteiger partial charge is 0.437 e. The van der Waals surface area contributed by atoms with Crippen LogP contribution in [0.25, 0.3) is 17.2 Å². The van der Waals surface area contributed by atoms with E-state index in [2.05, 4.69) is 30.2 Å². The molecule has 4 atom stereocenters. The van der Waals surface area contributed by atoms with E-state index in [-0.39, 0.29) is 37.4 Å². The zero-order valence-electron chi connectivity index (χ0n) is 23.4. The van der Waals surface area contributed by atoms with E-state index in [4.69, 9.17) is 19.3 Å². The number of nitriles is 1. The maximum atomic E-state index is 12.5. The van der Waals surface area contributed by atoms with Crippen molar-refractivity contribution in [3.8, 4) is 11.9 Å². The zero-order chi connectivity index (χ0) is 32.0. The first kappa shape index (κ1) is 31.4. The van der Waals surface area contributed by atoms with E-state index in [1.807, 2.05) is 6.07 Å². The van der Waals surface area contributed by atoms with Crippen molar-refractivity contribution >= 4 is 30.9 Å². The normalized spacial score (nSPS) is 19.4. The molecule has 2 unspecified atom stereocenters. The maximum absolute atomic E-state index is 12.5. The van der Waals surface area contributed by atoms with E-state index in [9.17, 15) is 28.9 Å². The molecule has 0 bridgehead atoms. The maximum Gasteiger partial charge on any atom is 0.437 e. The minimum absolute atomic E-state index is 0.0382. The van der Waals surface area contributed by atoms with Crippen LogP contribution in [0.3, 0.4) is 0 Å². The summed E-state index contributed by atoms with van der Waals surface area (Å²) in [7, 11) is -4.27. The van der Waals surface area contributed by atoms with Crippen LogP contribution >= 0.6 is 7.75 Å². The minimum atomic E-state index is -4.27. The molecule has 4 aromatic heterocycles. The Bertz CT molecular complexity index is 1900. The second kappa shape index (κ2) is 13.8. The van der Waals surface area contributed by atoms with Crippen molar-refractivity contribution in [3.05, 3.63) is 70.1 Å². The molecule has 4 N–H and O–H groups in total. The number of fused-ring (bicyclic) bond motifs is 1. The van der Waals surface area contributed by atoms with Crippen LogP contribution in [0.15, 0.2) is 53.2 Å². The number of aliphatic hydroxyl groups excluding tert-OH is 1. The SMILES string of the molecule is N#CCCOc1ncnc2c1ncn2CCNC(=O)/C=C/c1cn([C@H]2CC(O)[C@@H](COP(=O)(O)n3ccnc3)O2)c(=O)[nH]c1=O. The summed E-state index contributed by atoms with van der Waals surface area (Å²) in [6.07, 6.45) is 6.87. The summed E-state index contributed by atoms with van der Waals surface area (Å²) in [5.74, 6) is -0.279. The summed E-state index contributed by atoms with van der Waals surface area (Å²) in [6, 6.07) is 1.98. The molecule has 1 amide bonds. The molecule has 1 fully saturated rings. The number of aromatic nitrogens is 8. The number of rotatable bonds is 13. The van der Waals surface area contributed by atoms with Crippen LogP contribution in [0.4, 0.5) is 0 Å². The molecule has 45 heavy (non-hydrogen) atoms. The quantitative estimate of drug-likeness (QED) is 0.0800. The van der Waals surface area contributed by atoms with Crippen LogP contribution in [0.2, 0.25) is 0 Å². The number of imidazole rings is 2. The Labute approximate surface area is 253 Å². The minimum Gasteiger partial charge on any atom is -0.475 e. The molecule has 20 heteroatoms. The highest BCUT2D eigenvalue weighted by Crippen LogP contribution is 2.44. The fraction of sp³-hybridized carbons (Fsp3) is 0.360. The van der Waals surface area contributed by atoms with Gasteiger partial charge in [-0.05, 0) is 6.08 Å². The highest BCUT2D eigenvalue weighted by molar-refractivity contribution is 7.51. The standard InChI is InChI=1S/C25H27N10O9P/c26-4-1-9-42-24-21-22(29-13-30-24)33(15-31-21)7-6-28-19(37)3-2-16-11-35(25(39)32-23(16)38)20-10-17(36)18(44-20)12-43-45(40,41)34-8-5-27-14-34/h2-3,5,8,11,13-15,17-18,20,36H,1,6-7,9-10,12H2,(H,28,37)(H,40,41)(H,32,38,39)/b3-2+/t17?,18-,20-/m1/s1. The number of amides is 1. The van der Waals surface area contributed by atoms with Gasteiger partial charge in [-0.25, -0.2) is 28.6 Å². The summed E-state index contributed by atoms with van der Waals surface area (Å²) in [5, 5.41) is 21.8. The number of carbonyl (C=O) groups is 1. The van der Waals surface area contributed by atoms with Crippen molar-refractivity contribution in [3.63, 3.8) is 0 Å². The van der Waals surface area contributed by atoms with Crippen LogP contribution in [0, 0.1) is 11.3 Å². The molecule has 5 heterocycles. The van der Waals surface area contributed by atoms with Crippen molar-refractivity contribution < 1.29 is 33.4 Å². The zero-order valence-corrected chi connectivity index (χ0v) is 24.3. The monoisotopic (exact) mass is 642 g/mol. The number of nitrogens with one attached hydrogen (secondary N) is 2. The number of aromatic amines is 1. The molecule has 5 rings (SSSR count). The van der Waals surface area contributed by atoms with E-state index in [0.717, 1.165) is 21.3 Å². The van der Waals surface area contributed by atoms with Crippen LogP contribution in [-0.4, -0.2) is 86.3 Å². The first-order valence-electron chi connectivity index (χ1n) is 13.4. The van der Waals surface area contributed by atoms with E-state index in [0.29, 0.717) is 17.7 Å². The van der Waals surface area contributed by atoms with Crippen molar-refractivity contribution in [2.75, 3.05) is 19.8 Å². The third kappa shape index (κ3) is 7.39. The number of carbonyl (C=O) groups excluding carboxylic acids is 1. The Hall–Kier alpha value is -4.99. The van der Waals surface area contributed by atoms with Crippen molar-refractivity contribution in [2.45, 2.75) is 37.8 Å². The highest BCUT2D eigenvalue weighted by atomic mass is 31.2. The van der Waals surface area contributed by atoms with E-state index >= 15 is 0 Å². The van der Waals surface area contributed by atoms with Crippen LogP contribution in [0.5, 0.6) is 5.88 Å². The fourth-order valence-electron chi connectivity index (χ4n) is 4.35. The Morgan fingerprint density at radius 1 is 1.31 bits per heavy atom. The number of hydrogen-bond acceptors (Lipinski definition) is 13. The fourth-order valence-corrected chi connectivity index (χ4v) is 5.25. The Balaban J connectivity index is 1.17. The lowest BCUT2D eigenvalue weighted by atomic mass is 10.2. The van der Waals surface area contributed by atoms with Gasteiger partial charge < -0.3 is 29.4 Å². The first-order chi connectivity index (χ1) is 21.7. The number of H-pyrrole nitrogens is 1. The van der Waals surface area contributed by atoms with E-state index in [1.54, 1.807) is 4.57 Å². The summed E-state index contributed by atoms with van der Waals surface area (Å²) in [6.45, 7) is 0.175. The van der Waals surface area contributed by atoms with Crippen molar-refractivity contribution in [1.82, 2.24) is 43.7 Å². The molecule has 4 aromatic rings. The number of ether oxygens (including phenoxy) is 2. The summed E-state index contributed by atoms with van der Waals surface area (Å²) >= 11 is 0. The van der Waals surface area contributed by atoms with Gasteiger partial charge in [0.25, 0.3) is 5.56 Å². The highest BCUT2D eigenvalue weighted by Gasteiger charge is 2.37. The largest absolute Gasteiger partial charge is 0.475 e. The van der Waals surface area contributed by atoms with Gasteiger partial charge in [0.1, 0.15) is 31.6 Å². The van der Waals surface area contributed by atoms with Gasteiger partial charge in [-0.3, -0.25) is 23.7 Å². The third-order valence-electron chi connectivity index (χ3n) is 6.59. The number of nitrogens with zero attached hydrogens (tertiary/aromatic N) is 8. The Morgan fingerprint density at radius 3 is 2.93 bits per heavy atom. The van der Waals surface area contributed by atoms with Gasteiger partial charge in [0.2, 0.25) is 11.8 Å². The lowest BCUT2D eigenvalue weighted by molar-refractivity contribution is -0.116. The van der Waals surface area contributed by atoms with Gasteiger partial charge in [0, 0.05) is 44.2 Å². The van der Waals surface area contributed by atoms with Gasteiger partial charge in [0.05, 0.1) is 37.1 Å². The average molecular weight is 643 g/mol. The Kier molecular flexibility index (Phi) is 9.61. The van der Waals surface area contributed by atoms with Crippen LogP contribution in [-0.2, 0) is 25.2 Å². The molecule has 0 spiro atoms. The van der Waals surface area contributed by atoms with Crippen molar-refractivity contribution in [2.24, 2.45) is 0 Å². The average Bonchev–Trinajstić information content (AvgIpc) is 3.77. The summed E-state index contributed by atoms with van der Waals surface area (Å²) in [4.78, 5) is 65.8. The molecule has 19 nitrogen and oxygen atoms in total. The number of aliphatic hydroxyl groups is 1.